The molecule has 0 bridgehead atoms. The number of nitrogens with zero attached hydrogens (tertiary/aromatic N) is 1. The Morgan fingerprint density at radius 3 is 3.00 bits per heavy atom. The van der Waals surface area contributed by atoms with Crippen molar-refractivity contribution in [3.05, 3.63) is 11.3 Å². The minimum Gasteiger partial charge on any atom is -0.461 e. The number of nitrogens with two attached hydrogens (primary N) is 1. The molecule has 2 N–H and O–H groups in total. The summed E-state index contributed by atoms with van der Waals surface area (Å²) < 4.78 is 4.95. The van der Waals surface area contributed by atoms with E-state index in [9.17, 15) is 9.59 Å². The molecule has 0 saturated carbocycles. The number of esters is 1. The van der Waals surface area contributed by atoms with Crippen LogP contribution in [-0.4, -0.2) is 40.6 Å². The highest BCUT2D eigenvalue weighted by molar-refractivity contribution is 8.00. The van der Waals surface area contributed by atoms with Crippen molar-refractivity contribution in [1.29, 1.82) is 0 Å². The molecule has 2 rings (SSSR count). The van der Waals surface area contributed by atoms with Gasteiger partial charge in [0.1, 0.15) is 17.1 Å². The normalized spacial score (nSPS) is 28.7. The summed E-state index contributed by atoms with van der Waals surface area (Å²) in [5.74, 6) is 0.0983. The topological polar surface area (TPSA) is 72.6 Å². The van der Waals surface area contributed by atoms with Crippen LogP contribution in [0.3, 0.4) is 0 Å². The van der Waals surface area contributed by atoms with Crippen molar-refractivity contribution in [3.8, 4) is 0 Å². The van der Waals surface area contributed by atoms with Crippen molar-refractivity contribution in [2.75, 3.05) is 12.4 Å². The third-order valence-corrected chi connectivity index (χ3v) is 4.11. The van der Waals surface area contributed by atoms with Gasteiger partial charge in [0.25, 0.3) is 0 Å². The standard InChI is InChI=1S/C10H14N2O3S/c1-3-15-10(14)7-5(2)4-16-9-6(11)8(13)12(7)9/h6,9H,3-4,11H2,1-2H3/t6-,9-/m1/s1. The fourth-order valence-electron chi connectivity index (χ4n) is 1.86. The van der Waals surface area contributed by atoms with Crippen LogP contribution in [0.2, 0.25) is 0 Å². The van der Waals surface area contributed by atoms with E-state index >= 15 is 0 Å². The van der Waals surface area contributed by atoms with E-state index in [1.54, 1.807) is 18.7 Å². The molecule has 0 radical (unpaired) electrons. The number of amides is 1. The number of hydrogen-bond donors (Lipinski definition) is 1. The second kappa shape index (κ2) is 4.10. The lowest BCUT2D eigenvalue weighted by molar-refractivity contribution is -0.150. The van der Waals surface area contributed by atoms with E-state index in [4.69, 9.17) is 10.5 Å². The summed E-state index contributed by atoms with van der Waals surface area (Å²) in [7, 11) is 0. The molecule has 1 saturated heterocycles. The quantitative estimate of drug-likeness (QED) is 0.548. The summed E-state index contributed by atoms with van der Waals surface area (Å²) in [4.78, 5) is 24.8. The molecular formula is C10H14N2O3S. The van der Waals surface area contributed by atoms with Gasteiger partial charge in [-0.15, -0.1) is 11.8 Å². The smallest absolute Gasteiger partial charge is 0.355 e. The molecule has 2 heterocycles. The van der Waals surface area contributed by atoms with Gasteiger partial charge in [0, 0.05) is 5.75 Å². The SMILES string of the molecule is CCOC(=O)C1=C(C)CS[C@@H]2[C@H](N)C(=O)N12. The lowest BCUT2D eigenvalue weighted by atomic mass is 10.0. The second-order valence-corrected chi connectivity index (χ2v) is 4.89. The maximum Gasteiger partial charge on any atom is 0.355 e. The second-order valence-electron chi connectivity index (χ2n) is 3.78. The molecule has 1 fully saturated rings. The summed E-state index contributed by atoms with van der Waals surface area (Å²) in [6, 6.07) is -0.484. The number of rotatable bonds is 2. The van der Waals surface area contributed by atoms with Gasteiger partial charge in [-0.25, -0.2) is 4.79 Å². The van der Waals surface area contributed by atoms with E-state index in [1.165, 1.54) is 4.90 Å². The van der Waals surface area contributed by atoms with Crippen LogP contribution >= 0.6 is 11.8 Å². The Balaban J connectivity index is 2.27. The molecule has 16 heavy (non-hydrogen) atoms. The molecule has 0 aromatic heterocycles. The van der Waals surface area contributed by atoms with Crippen LogP contribution in [0.15, 0.2) is 11.3 Å². The average molecular weight is 242 g/mol. The first-order chi connectivity index (χ1) is 7.57. The summed E-state index contributed by atoms with van der Waals surface area (Å²) in [6.07, 6.45) is 0. The van der Waals surface area contributed by atoms with Crippen molar-refractivity contribution in [1.82, 2.24) is 4.90 Å². The average Bonchev–Trinajstić information content (AvgIpc) is 2.27. The zero-order valence-corrected chi connectivity index (χ0v) is 10.0. The van der Waals surface area contributed by atoms with Gasteiger partial charge in [0.15, 0.2) is 0 Å². The van der Waals surface area contributed by atoms with Gasteiger partial charge in [0.05, 0.1) is 6.61 Å². The van der Waals surface area contributed by atoms with Crippen molar-refractivity contribution in [2.24, 2.45) is 5.73 Å². The highest BCUT2D eigenvalue weighted by atomic mass is 32.2. The first-order valence-electron chi connectivity index (χ1n) is 5.15. The molecule has 0 spiro atoms. The van der Waals surface area contributed by atoms with Gasteiger partial charge in [-0.3, -0.25) is 9.69 Å². The molecule has 0 aromatic rings. The van der Waals surface area contributed by atoms with Crippen LogP contribution in [-0.2, 0) is 14.3 Å². The highest BCUT2D eigenvalue weighted by Gasteiger charge is 2.51. The van der Waals surface area contributed by atoms with Crippen LogP contribution in [0.4, 0.5) is 0 Å². The zero-order valence-electron chi connectivity index (χ0n) is 9.23. The Bertz CT molecular complexity index is 380. The van der Waals surface area contributed by atoms with E-state index < -0.39 is 12.0 Å². The molecule has 0 unspecified atom stereocenters. The monoisotopic (exact) mass is 242 g/mol. The molecule has 88 valence electrons. The van der Waals surface area contributed by atoms with E-state index in [1.807, 2.05) is 6.92 Å². The molecule has 1 amide bonds. The maximum atomic E-state index is 11.7. The Morgan fingerprint density at radius 2 is 2.38 bits per heavy atom. The molecule has 2 atom stereocenters. The first kappa shape index (κ1) is 11.5. The van der Waals surface area contributed by atoms with Crippen molar-refractivity contribution in [3.63, 3.8) is 0 Å². The number of thioether (sulfide) groups is 1. The zero-order chi connectivity index (χ0) is 11.9. The number of carbonyl (C=O) groups excluding carboxylic acids is 2. The van der Waals surface area contributed by atoms with E-state index in [0.29, 0.717) is 12.3 Å². The van der Waals surface area contributed by atoms with Crippen LogP contribution < -0.4 is 5.73 Å². The maximum absolute atomic E-state index is 11.7. The number of ether oxygens (including phenoxy) is 1. The molecule has 5 nitrogen and oxygen atoms in total. The lowest BCUT2D eigenvalue weighted by Gasteiger charge is -2.48. The van der Waals surface area contributed by atoms with Crippen LogP contribution in [0, 0.1) is 0 Å². The van der Waals surface area contributed by atoms with Gasteiger partial charge in [-0.2, -0.15) is 0 Å². The van der Waals surface area contributed by atoms with Crippen molar-refractivity contribution < 1.29 is 14.3 Å². The first-order valence-corrected chi connectivity index (χ1v) is 6.20. The van der Waals surface area contributed by atoms with Gasteiger partial charge in [-0.1, -0.05) is 0 Å². The third-order valence-electron chi connectivity index (χ3n) is 2.67. The molecule has 2 aliphatic rings. The molecular weight excluding hydrogens is 228 g/mol. The summed E-state index contributed by atoms with van der Waals surface area (Å²) in [6.45, 7) is 3.89. The fourth-order valence-corrected chi connectivity index (χ4v) is 3.10. The summed E-state index contributed by atoms with van der Waals surface area (Å²) >= 11 is 1.59. The Hall–Kier alpha value is -1.01. The summed E-state index contributed by atoms with van der Waals surface area (Å²) in [5, 5.41) is -0.101. The third kappa shape index (κ3) is 1.53. The summed E-state index contributed by atoms with van der Waals surface area (Å²) in [5.41, 5.74) is 6.93. The predicted molar refractivity (Wildman–Crippen MR) is 60.4 cm³/mol. The molecule has 0 aromatic carbocycles. The largest absolute Gasteiger partial charge is 0.461 e. The minimum absolute atomic E-state index is 0.101. The van der Waals surface area contributed by atoms with Crippen LogP contribution in [0.1, 0.15) is 13.8 Å². The van der Waals surface area contributed by atoms with Gasteiger partial charge >= 0.3 is 5.97 Å². The number of fused-ring (bicyclic) bond motifs is 1. The number of carbonyl (C=O) groups is 2. The van der Waals surface area contributed by atoms with Gasteiger partial charge in [0.2, 0.25) is 5.91 Å². The Kier molecular flexibility index (Phi) is 2.94. The number of hydrogen-bond acceptors (Lipinski definition) is 5. The van der Waals surface area contributed by atoms with Gasteiger partial charge in [-0.05, 0) is 19.4 Å². The highest BCUT2D eigenvalue weighted by Crippen LogP contribution is 2.39. The Morgan fingerprint density at radius 1 is 1.69 bits per heavy atom. The molecule has 2 aliphatic heterocycles. The van der Waals surface area contributed by atoms with E-state index in [2.05, 4.69) is 0 Å². The van der Waals surface area contributed by atoms with Crippen molar-refractivity contribution >= 4 is 23.6 Å². The van der Waals surface area contributed by atoms with Gasteiger partial charge < -0.3 is 10.5 Å². The lowest BCUT2D eigenvalue weighted by Crippen LogP contribution is -2.68. The fraction of sp³-hybridized carbons (Fsp3) is 0.600. The number of β-lactam (4-membered cyclic amide) rings is 1. The molecule has 0 aliphatic carbocycles. The predicted octanol–water partition coefficient (Wildman–Crippen LogP) is 0.0659. The minimum atomic E-state index is -0.484. The Labute approximate surface area is 98.0 Å². The van der Waals surface area contributed by atoms with Crippen LogP contribution in [0.25, 0.3) is 0 Å². The molecule has 6 heteroatoms. The van der Waals surface area contributed by atoms with E-state index in [0.717, 1.165) is 11.3 Å². The van der Waals surface area contributed by atoms with E-state index in [-0.39, 0.29) is 11.3 Å². The van der Waals surface area contributed by atoms with Crippen LogP contribution in [0.5, 0.6) is 0 Å². The van der Waals surface area contributed by atoms with Crippen molar-refractivity contribution in [2.45, 2.75) is 25.3 Å².